The Kier molecular flexibility index (Phi) is 3.79. The topological polar surface area (TPSA) is 6.48 Å². The fourth-order valence-electron chi connectivity index (χ4n) is 2.33. The minimum Gasteiger partial charge on any atom is -0.304 e. The fourth-order valence-corrected chi connectivity index (χ4v) is 2.33. The zero-order valence-electron chi connectivity index (χ0n) is 10.4. The van der Waals surface area contributed by atoms with Crippen LogP contribution in [0.5, 0.6) is 0 Å². The molecular weight excluding hydrogens is 215 g/mol. The van der Waals surface area contributed by atoms with Crippen LogP contribution in [0.3, 0.4) is 0 Å². The van der Waals surface area contributed by atoms with Crippen molar-refractivity contribution in [2.24, 2.45) is 0 Å². The summed E-state index contributed by atoms with van der Waals surface area (Å²) in [6.07, 6.45) is 6.07. The highest BCUT2D eigenvalue weighted by atomic mass is 19.2. The maximum absolute atomic E-state index is 14.4. The van der Waals surface area contributed by atoms with Crippen molar-refractivity contribution in [1.29, 1.82) is 0 Å². The summed E-state index contributed by atoms with van der Waals surface area (Å²) in [5.74, 6) is 0. The highest BCUT2D eigenvalue weighted by Crippen LogP contribution is 2.26. The van der Waals surface area contributed by atoms with Crippen LogP contribution in [0.1, 0.15) is 12.8 Å². The highest BCUT2D eigenvalue weighted by Gasteiger charge is 2.29. The Morgan fingerprint density at radius 2 is 1.88 bits per heavy atom. The molecule has 0 aliphatic heterocycles. The molecule has 3 heteroatoms. The summed E-state index contributed by atoms with van der Waals surface area (Å²) < 4.78 is 14.4. The van der Waals surface area contributed by atoms with Crippen molar-refractivity contribution in [2.45, 2.75) is 24.9 Å². The van der Waals surface area contributed by atoms with E-state index >= 15 is 0 Å². The van der Waals surface area contributed by atoms with Crippen LogP contribution in [0.15, 0.2) is 42.5 Å². The SMILES string of the molecule is CN(C)C1CCC=CC1N(F)c1ccccc1. The van der Waals surface area contributed by atoms with E-state index in [0.29, 0.717) is 5.69 Å². The molecule has 0 aromatic heterocycles. The smallest absolute Gasteiger partial charge is 0.0950 e. The molecule has 17 heavy (non-hydrogen) atoms. The van der Waals surface area contributed by atoms with Crippen molar-refractivity contribution in [1.82, 2.24) is 4.90 Å². The Balaban J connectivity index is 2.20. The number of hydrogen-bond donors (Lipinski definition) is 0. The van der Waals surface area contributed by atoms with Gasteiger partial charge in [0, 0.05) is 6.04 Å². The van der Waals surface area contributed by atoms with Gasteiger partial charge in [-0.15, -0.1) is 0 Å². The molecule has 1 aliphatic carbocycles. The number of likely N-dealkylation sites (N-methyl/N-ethyl adjacent to an activating group) is 1. The van der Waals surface area contributed by atoms with E-state index in [1.807, 2.05) is 38.4 Å². The monoisotopic (exact) mass is 234 g/mol. The lowest BCUT2D eigenvalue weighted by atomic mass is 9.95. The number of hydrogen-bond acceptors (Lipinski definition) is 2. The Labute approximate surface area is 102 Å². The number of rotatable bonds is 3. The van der Waals surface area contributed by atoms with Crippen molar-refractivity contribution < 1.29 is 4.48 Å². The molecular formula is C14H19FN2. The van der Waals surface area contributed by atoms with E-state index < -0.39 is 0 Å². The van der Waals surface area contributed by atoms with Crippen molar-refractivity contribution in [3.05, 3.63) is 42.5 Å². The number of anilines is 1. The summed E-state index contributed by atoms with van der Waals surface area (Å²) in [7, 11) is 4.02. The predicted octanol–water partition coefficient (Wildman–Crippen LogP) is 3.03. The van der Waals surface area contributed by atoms with Crippen molar-refractivity contribution >= 4 is 5.69 Å². The lowest BCUT2D eigenvalue weighted by Crippen LogP contribution is -2.46. The van der Waals surface area contributed by atoms with Gasteiger partial charge in [-0.05, 0) is 39.1 Å². The van der Waals surface area contributed by atoms with Gasteiger partial charge in [-0.3, -0.25) is 0 Å². The molecule has 0 fully saturated rings. The lowest BCUT2D eigenvalue weighted by Gasteiger charge is -2.36. The molecule has 92 valence electrons. The first-order chi connectivity index (χ1) is 8.20. The third-order valence-corrected chi connectivity index (χ3v) is 3.28. The van der Waals surface area contributed by atoms with Crippen molar-refractivity contribution in [3.8, 4) is 0 Å². The first-order valence-electron chi connectivity index (χ1n) is 6.03. The predicted molar refractivity (Wildman–Crippen MR) is 69.7 cm³/mol. The van der Waals surface area contributed by atoms with Gasteiger partial charge in [0.1, 0.15) is 0 Å². The summed E-state index contributed by atoms with van der Waals surface area (Å²) >= 11 is 0. The van der Waals surface area contributed by atoms with Crippen molar-refractivity contribution in [3.63, 3.8) is 0 Å². The van der Waals surface area contributed by atoms with E-state index in [1.54, 1.807) is 12.1 Å². The number of nitrogens with zero attached hydrogens (tertiary/aromatic N) is 2. The Morgan fingerprint density at radius 1 is 1.18 bits per heavy atom. The molecule has 0 amide bonds. The van der Waals surface area contributed by atoms with Gasteiger partial charge in [0.15, 0.2) is 0 Å². The standard InChI is InChI=1S/C14H19FN2/c1-16(2)13-10-6-7-11-14(13)17(15)12-8-4-3-5-9-12/h3-5,7-9,11,13-14H,6,10H2,1-2H3. The third kappa shape index (κ3) is 2.67. The van der Waals surface area contributed by atoms with Crippen LogP contribution in [0.2, 0.25) is 0 Å². The van der Waals surface area contributed by atoms with E-state index in [2.05, 4.69) is 11.0 Å². The normalized spacial score (nSPS) is 24.0. The molecule has 0 radical (unpaired) electrons. The summed E-state index contributed by atoms with van der Waals surface area (Å²) in [5, 5.41) is 0.875. The number of allylic oxidation sites excluding steroid dienone is 1. The lowest BCUT2D eigenvalue weighted by molar-refractivity contribution is 0.214. The first kappa shape index (κ1) is 12.1. The zero-order valence-corrected chi connectivity index (χ0v) is 10.4. The van der Waals surface area contributed by atoms with E-state index in [9.17, 15) is 4.48 Å². The average molecular weight is 234 g/mol. The molecule has 1 aromatic carbocycles. The molecule has 1 aromatic rings. The summed E-state index contributed by atoms with van der Waals surface area (Å²) in [6.45, 7) is 0. The van der Waals surface area contributed by atoms with Crippen LogP contribution in [-0.2, 0) is 0 Å². The minimum absolute atomic E-state index is 0.193. The second kappa shape index (κ2) is 5.32. The fraction of sp³-hybridized carbons (Fsp3) is 0.429. The van der Waals surface area contributed by atoms with Crippen molar-refractivity contribution in [2.75, 3.05) is 19.2 Å². The largest absolute Gasteiger partial charge is 0.304 e. The number of halogens is 1. The van der Waals surface area contributed by atoms with Gasteiger partial charge >= 0.3 is 0 Å². The molecule has 2 rings (SSSR count). The molecule has 0 N–H and O–H groups in total. The van der Waals surface area contributed by atoms with E-state index in [4.69, 9.17) is 0 Å². The van der Waals surface area contributed by atoms with Gasteiger partial charge in [-0.25, -0.2) is 5.12 Å². The summed E-state index contributed by atoms with van der Waals surface area (Å²) in [5.41, 5.74) is 0.621. The Morgan fingerprint density at radius 3 is 2.53 bits per heavy atom. The van der Waals surface area contributed by atoms with E-state index in [-0.39, 0.29) is 12.1 Å². The molecule has 0 saturated carbocycles. The van der Waals surface area contributed by atoms with Crippen LogP contribution in [0.4, 0.5) is 10.2 Å². The Hall–Kier alpha value is -1.35. The van der Waals surface area contributed by atoms with Crippen LogP contribution in [0.25, 0.3) is 0 Å². The van der Waals surface area contributed by atoms with Gasteiger partial charge in [0.2, 0.25) is 0 Å². The summed E-state index contributed by atoms with van der Waals surface area (Å²) in [6, 6.07) is 9.26. The molecule has 1 aliphatic rings. The summed E-state index contributed by atoms with van der Waals surface area (Å²) in [4.78, 5) is 2.10. The highest BCUT2D eigenvalue weighted by molar-refractivity contribution is 5.45. The maximum atomic E-state index is 14.4. The van der Waals surface area contributed by atoms with Gasteiger partial charge in [0.25, 0.3) is 0 Å². The molecule has 0 saturated heterocycles. The average Bonchev–Trinajstić information content (AvgIpc) is 2.39. The second-order valence-electron chi connectivity index (χ2n) is 4.67. The van der Waals surface area contributed by atoms with Crippen LogP contribution >= 0.6 is 0 Å². The van der Waals surface area contributed by atoms with Gasteiger partial charge < -0.3 is 4.90 Å². The molecule has 0 heterocycles. The molecule has 2 atom stereocenters. The van der Waals surface area contributed by atoms with Gasteiger partial charge in [0.05, 0.1) is 11.7 Å². The van der Waals surface area contributed by atoms with Gasteiger partial charge in [-0.2, -0.15) is 0 Å². The second-order valence-corrected chi connectivity index (χ2v) is 4.67. The maximum Gasteiger partial charge on any atom is 0.0950 e. The van der Waals surface area contributed by atoms with Crippen LogP contribution < -0.4 is 5.12 Å². The van der Waals surface area contributed by atoms with Crippen LogP contribution in [-0.4, -0.2) is 31.1 Å². The zero-order chi connectivity index (χ0) is 12.3. The molecule has 0 spiro atoms. The van der Waals surface area contributed by atoms with E-state index in [1.165, 1.54) is 0 Å². The molecule has 0 bridgehead atoms. The molecule has 2 nitrogen and oxygen atoms in total. The third-order valence-electron chi connectivity index (χ3n) is 3.28. The Bertz CT molecular complexity index is 375. The molecule has 2 unspecified atom stereocenters. The minimum atomic E-state index is -0.193. The number of benzene rings is 1. The van der Waals surface area contributed by atoms with Crippen LogP contribution in [0, 0.1) is 0 Å². The quantitative estimate of drug-likeness (QED) is 0.586. The van der Waals surface area contributed by atoms with Gasteiger partial charge in [-0.1, -0.05) is 34.8 Å². The van der Waals surface area contributed by atoms with E-state index in [0.717, 1.165) is 18.0 Å². The number of para-hydroxylation sites is 1. The first-order valence-corrected chi connectivity index (χ1v) is 6.03.